The van der Waals surface area contributed by atoms with Crippen LogP contribution >= 0.6 is 11.6 Å². The highest BCUT2D eigenvalue weighted by atomic mass is 35.5. The van der Waals surface area contributed by atoms with Crippen molar-refractivity contribution >= 4 is 11.6 Å². The predicted molar refractivity (Wildman–Crippen MR) is 101 cm³/mol. The van der Waals surface area contributed by atoms with Gasteiger partial charge in [0.15, 0.2) is 0 Å². The lowest BCUT2D eigenvalue weighted by Gasteiger charge is -2.18. The topological polar surface area (TPSA) is 30.3 Å². The molecule has 0 aliphatic rings. The average Bonchev–Trinajstić information content (AvgIpc) is 3.04. The van der Waals surface area contributed by atoms with Crippen LogP contribution in [0.5, 0.6) is 5.75 Å². The highest BCUT2D eigenvalue weighted by Crippen LogP contribution is 2.22. The van der Waals surface area contributed by atoms with Gasteiger partial charge in [-0.15, -0.1) is 0 Å². The second kappa shape index (κ2) is 8.70. The molecule has 0 N–H and O–H groups in total. The van der Waals surface area contributed by atoms with E-state index in [9.17, 15) is 0 Å². The van der Waals surface area contributed by atoms with Gasteiger partial charge in [0.25, 0.3) is 0 Å². The van der Waals surface area contributed by atoms with Crippen LogP contribution in [-0.4, -0.2) is 34.7 Å². The minimum Gasteiger partial charge on any atom is -0.491 e. The number of nitrogens with zero attached hydrogens (tertiary/aromatic N) is 3. The molecule has 5 heteroatoms. The summed E-state index contributed by atoms with van der Waals surface area (Å²) in [5, 5.41) is 0.642. The highest BCUT2D eigenvalue weighted by Gasteiger charge is 2.08. The van der Waals surface area contributed by atoms with Gasteiger partial charge in [0.2, 0.25) is 0 Å². The van der Waals surface area contributed by atoms with E-state index < -0.39 is 0 Å². The van der Waals surface area contributed by atoms with Gasteiger partial charge in [-0.3, -0.25) is 4.90 Å². The van der Waals surface area contributed by atoms with E-state index >= 15 is 0 Å². The third kappa shape index (κ3) is 5.08. The maximum atomic E-state index is 6.10. The van der Waals surface area contributed by atoms with Crippen LogP contribution in [-0.2, 0) is 13.1 Å². The number of benzene rings is 2. The number of aromatic nitrogens is 2. The molecule has 3 aromatic rings. The zero-order valence-corrected chi connectivity index (χ0v) is 15.1. The van der Waals surface area contributed by atoms with Crippen LogP contribution in [0, 0.1) is 0 Å². The van der Waals surface area contributed by atoms with E-state index in [1.54, 1.807) is 0 Å². The van der Waals surface area contributed by atoms with Gasteiger partial charge < -0.3 is 9.30 Å². The Hall–Kier alpha value is -2.30. The number of hydrogen-bond donors (Lipinski definition) is 0. The maximum Gasteiger partial charge on any atom is 0.137 e. The average molecular weight is 356 g/mol. The molecule has 0 radical (unpaired) electrons. The van der Waals surface area contributed by atoms with Crippen molar-refractivity contribution in [2.24, 2.45) is 0 Å². The predicted octanol–water partition coefficient (Wildman–Crippen LogP) is 4.10. The first kappa shape index (κ1) is 17.5. The molecule has 2 aromatic carbocycles. The van der Waals surface area contributed by atoms with E-state index in [4.69, 9.17) is 16.3 Å². The lowest BCUT2D eigenvalue weighted by Crippen LogP contribution is -2.25. The molecule has 0 spiro atoms. The third-order valence-electron chi connectivity index (χ3n) is 3.98. The molecular formula is C20H22ClN3O. The number of ether oxygens (including phenoxy) is 1. The van der Waals surface area contributed by atoms with Crippen LogP contribution in [0.4, 0.5) is 0 Å². The fourth-order valence-corrected chi connectivity index (χ4v) is 2.80. The minimum atomic E-state index is 0.583. The smallest absolute Gasteiger partial charge is 0.137 e. The van der Waals surface area contributed by atoms with Gasteiger partial charge in [0.1, 0.15) is 18.2 Å². The molecule has 1 aromatic heterocycles. The van der Waals surface area contributed by atoms with Crippen LogP contribution in [0.3, 0.4) is 0 Å². The van der Waals surface area contributed by atoms with Crippen molar-refractivity contribution in [3.8, 4) is 5.75 Å². The summed E-state index contributed by atoms with van der Waals surface area (Å²) in [5.41, 5.74) is 1.27. The summed E-state index contributed by atoms with van der Waals surface area (Å²) in [7, 11) is 2.07. The summed E-state index contributed by atoms with van der Waals surface area (Å²) in [5.74, 6) is 1.77. The Labute approximate surface area is 153 Å². The molecular weight excluding hydrogens is 334 g/mol. The van der Waals surface area contributed by atoms with Crippen molar-refractivity contribution in [3.05, 3.63) is 83.4 Å². The number of para-hydroxylation sites is 1. The van der Waals surface area contributed by atoms with Gasteiger partial charge in [0, 0.05) is 25.5 Å². The van der Waals surface area contributed by atoms with Crippen molar-refractivity contribution in [1.29, 1.82) is 0 Å². The molecule has 0 atom stereocenters. The molecule has 4 nitrogen and oxygen atoms in total. The van der Waals surface area contributed by atoms with Crippen molar-refractivity contribution in [2.75, 3.05) is 20.2 Å². The fraction of sp³-hybridized carbons (Fsp3) is 0.250. The molecule has 3 rings (SSSR count). The van der Waals surface area contributed by atoms with Crippen LogP contribution < -0.4 is 4.74 Å². The third-order valence-corrected chi connectivity index (χ3v) is 4.29. The summed E-state index contributed by atoms with van der Waals surface area (Å²) < 4.78 is 7.93. The van der Waals surface area contributed by atoms with Crippen molar-refractivity contribution in [3.63, 3.8) is 0 Å². The molecule has 0 amide bonds. The zero-order valence-electron chi connectivity index (χ0n) is 14.3. The molecule has 130 valence electrons. The molecule has 0 fully saturated rings. The van der Waals surface area contributed by atoms with E-state index in [1.807, 2.05) is 42.7 Å². The van der Waals surface area contributed by atoms with Gasteiger partial charge in [-0.2, -0.15) is 0 Å². The summed E-state index contributed by atoms with van der Waals surface area (Å²) in [6, 6.07) is 17.9. The van der Waals surface area contributed by atoms with Crippen molar-refractivity contribution < 1.29 is 4.74 Å². The quantitative estimate of drug-likeness (QED) is 0.609. The second-order valence-corrected chi connectivity index (χ2v) is 6.38. The van der Waals surface area contributed by atoms with Gasteiger partial charge >= 0.3 is 0 Å². The van der Waals surface area contributed by atoms with E-state index in [1.165, 1.54) is 5.56 Å². The highest BCUT2D eigenvalue weighted by molar-refractivity contribution is 6.32. The zero-order chi connectivity index (χ0) is 17.5. The van der Waals surface area contributed by atoms with Gasteiger partial charge in [0.05, 0.1) is 11.6 Å². The Morgan fingerprint density at radius 3 is 2.64 bits per heavy atom. The Morgan fingerprint density at radius 2 is 1.84 bits per heavy atom. The fourth-order valence-electron chi connectivity index (χ4n) is 2.61. The molecule has 0 aliphatic carbocycles. The van der Waals surface area contributed by atoms with Gasteiger partial charge in [-0.1, -0.05) is 54.1 Å². The summed E-state index contributed by atoms with van der Waals surface area (Å²) >= 11 is 6.10. The van der Waals surface area contributed by atoms with E-state index in [0.717, 1.165) is 31.2 Å². The standard InChI is InChI=1S/C20H22ClN3O/c1-23(13-14-25-19-10-6-5-9-18(19)21)16-20-22-11-12-24(20)15-17-7-3-2-4-8-17/h2-12H,13-16H2,1H3. The first-order valence-electron chi connectivity index (χ1n) is 8.32. The van der Waals surface area contributed by atoms with Crippen molar-refractivity contribution in [2.45, 2.75) is 13.1 Å². The molecule has 1 heterocycles. The summed E-state index contributed by atoms with van der Waals surface area (Å²) in [6.07, 6.45) is 3.88. The number of hydrogen-bond acceptors (Lipinski definition) is 3. The first-order chi connectivity index (χ1) is 12.2. The second-order valence-electron chi connectivity index (χ2n) is 5.97. The Balaban J connectivity index is 1.51. The van der Waals surface area contributed by atoms with Crippen LogP contribution in [0.2, 0.25) is 5.02 Å². The van der Waals surface area contributed by atoms with E-state index in [2.05, 4.69) is 45.8 Å². The first-order valence-corrected chi connectivity index (χ1v) is 8.70. The normalized spacial score (nSPS) is 11.0. The van der Waals surface area contributed by atoms with Crippen LogP contribution in [0.1, 0.15) is 11.4 Å². The van der Waals surface area contributed by atoms with E-state index in [-0.39, 0.29) is 0 Å². The van der Waals surface area contributed by atoms with Crippen molar-refractivity contribution in [1.82, 2.24) is 14.5 Å². The van der Waals surface area contributed by atoms with Gasteiger partial charge in [-0.25, -0.2) is 4.98 Å². The molecule has 25 heavy (non-hydrogen) atoms. The summed E-state index contributed by atoms with van der Waals surface area (Å²) in [4.78, 5) is 6.69. The Bertz CT molecular complexity index is 788. The number of likely N-dealkylation sites (N-methyl/N-ethyl adjacent to an activating group) is 1. The van der Waals surface area contributed by atoms with Gasteiger partial charge in [-0.05, 0) is 24.7 Å². The summed E-state index contributed by atoms with van der Waals surface area (Å²) in [6.45, 7) is 2.98. The number of rotatable bonds is 8. The molecule has 0 unspecified atom stereocenters. The molecule has 0 saturated heterocycles. The lowest BCUT2D eigenvalue weighted by atomic mass is 10.2. The Kier molecular flexibility index (Phi) is 6.09. The SMILES string of the molecule is CN(CCOc1ccccc1Cl)Cc1nccn1Cc1ccccc1. The molecule has 0 aliphatic heterocycles. The number of halogens is 1. The van der Waals surface area contributed by atoms with E-state index in [0.29, 0.717) is 11.6 Å². The monoisotopic (exact) mass is 355 g/mol. The van der Waals surface area contributed by atoms with Crippen LogP contribution in [0.15, 0.2) is 67.0 Å². The molecule has 0 bridgehead atoms. The number of imidazole rings is 1. The lowest BCUT2D eigenvalue weighted by molar-refractivity contribution is 0.228. The van der Waals surface area contributed by atoms with Crippen LogP contribution in [0.25, 0.3) is 0 Å². The largest absolute Gasteiger partial charge is 0.491 e. The minimum absolute atomic E-state index is 0.583. The Morgan fingerprint density at radius 1 is 1.08 bits per heavy atom. The maximum absolute atomic E-state index is 6.10. The molecule has 0 saturated carbocycles.